The van der Waals surface area contributed by atoms with Gasteiger partial charge < -0.3 is 4.74 Å². The molecule has 1 rings (SSSR count). The number of thiol groups is 1. The van der Waals surface area contributed by atoms with Crippen LogP contribution in [0.4, 0.5) is 0 Å². The molecule has 0 bridgehead atoms. The Balaban J connectivity index is 2.64. The lowest BCUT2D eigenvalue weighted by Gasteiger charge is -2.29. The molecule has 19 heavy (non-hydrogen) atoms. The molecular formula is C17H28OS. The van der Waals surface area contributed by atoms with Crippen molar-refractivity contribution in [3.8, 4) is 5.75 Å². The average molecular weight is 280 g/mol. The fourth-order valence-corrected chi connectivity index (χ4v) is 2.48. The van der Waals surface area contributed by atoms with Crippen molar-refractivity contribution in [1.82, 2.24) is 0 Å². The Morgan fingerprint density at radius 1 is 1.00 bits per heavy atom. The van der Waals surface area contributed by atoms with Crippen LogP contribution < -0.4 is 4.74 Å². The maximum absolute atomic E-state index is 5.90. The minimum Gasteiger partial charge on any atom is -0.493 e. The van der Waals surface area contributed by atoms with Crippen LogP contribution in [0.1, 0.15) is 47.1 Å². The fraction of sp³-hybridized carbons (Fsp3) is 0.647. The Labute approximate surface area is 124 Å². The monoisotopic (exact) mass is 280 g/mol. The van der Waals surface area contributed by atoms with Crippen molar-refractivity contribution in [2.75, 3.05) is 12.4 Å². The molecule has 0 saturated heterocycles. The minimum atomic E-state index is 0.192. The third kappa shape index (κ3) is 5.10. The van der Waals surface area contributed by atoms with Gasteiger partial charge in [-0.25, -0.2) is 0 Å². The first-order valence-corrected chi connectivity index (χ1v) is 7.62. The van der Waals surface area contributed by atoms with Gasteiger partial charge in [0.15, 0.2) is 0 Å². The van der Waals surface area contributed by atoms with Crippen LogP contribution in [-0.4, -0.2) is 12.4 Å². The summed E-state index contributed by atoms with van der Waals surface area (Å²) in [4.78, 5) is 0. The standard InChI is InChI=1S/C17H28OS/c1-16(2,3)13-7-9-15(10-8-13)18-11-14(12-19)17(4,5)6/h7-10,14,19H,11-12H2,1-6H3. The minimum absolute atomic E-state index is 0.192. The molecule has 0 saturated carbocycles. The zero-order valence-corrected chi connectivity index (χ0v) is 14.1. The topological polar surface area (TPSA) is 9.23 Å². The molecule has 1 nitrogen and oxygen atoms in total. The molecule has 2 heteroatoms. The number of rotatable bonds is 4. The molecule has 0 fully saturated rings. The Hall–Kier alpha value is -0.630. The molecule has 0 N–H and O–H groups in total. The molecule has 0 aliphatic carbocycles. The maximum atomic E-state index is 5.90. The van der Waals surface area contributed by atoms with Crippen LogP contribution in [0.15, 0.2) is 24.3 Å². The third-order valence-corrected chi connectivity index (χ3v) is 4.06. The number of ether oxygens (including phenoxy) is 1. The first-order chi connectivity index (χ1) is 8.64. The fourth-order valence-electron chi connectivity index (χ4n) is 1.82. The van der Waals surface area contributed by atoms with E-state index in [9.17, 15) is 0 Å². The highest BCUT2D eigenvalue weighted by molar-refractivity contribution is 7.80. The van der Waals surface area contributed by atoms with Crippen molar-refractivity contribution >= 4 is 12.6 Å². The first-order valence-electron chi connectivity index (χ1n) is 6.99. The lowest BCUT2D eigenvalue weighted by atomic mass is 9.82. The second-order valence-electron chi connectivity index (χ2n) is 7.33. The van der Waals surface area contributed by atoms with Crippen molar-refractivity contribution in [2.45, 2.75) is 47.0 Å². The molecule has 0 aliphatic rings. The van der Waals surface area contributed by atoms with Crippen molar-refractivity contribution < 1.29 is 4.74 Å². The molecular weight excluding hydrogens is 252 g/mol. The van der Waals surface area contributed by atoms with E-state index in [-0.39, 0.29) is 10.8 Å². The maximum Gasteiger partial charge on any atom is 0.119 e. The summed E-state index contributed by atoms with van der Waals surface area (Å²) in [5.41, 5.74) is 1.76. The lowest BCUT2D eigenvalue weighted by molar-refractivity contribution is 0.165. The number of hydrogen-bond donors (Lipinski definition) is 1. The van der Waals surface area contributed by atoms with Crippen molar-refractivity contribution in [3.63, 3.8) is 0 Å². The van der Waals surface area contributed by atoms with E-state index in [1.54, 1.807) is 0 Å². The van der Waals surface area contributed by atoms with Gasteiger partial charge in [-0.2, -0.15) is 12.6 Å². The average Bonchev–Trinajstić information content (AvgIpc) is 2.27. The molecule has 0 heterocycles. The van der Waals surface area contributed by atoms with E-state index in [1.165, 1.54) is 5.56 Å². The van der Waals surface area contributed by atoms with Crippen LogP contribution in [0.3, 0.4) is 0 Å². The highest BCUT2D eigenvalue weighted by Gasteiger charge is 2.24. The summed E-state index contributed by atoms with van der Waals surface area (Å²) in [7, 11) is 0. The molecule has 0 aromatic heterocycles. The highest BCUT2D eigenvalue weighted by Crippen LogP contribution is 2.28. The molecule has 0 radical (unpaired) electrons. The largest absolute Gasteiger partial charge is 0.493 e. The van der Waals surface area contributed by atoms with Gasteiger partial charge in [-0.3, -0.25) is 0 Å². The van der Waals surface area contributed by atoms with Gasteiger partial charge >= 0.3 is 0 Å². The van der Waals surface area contributed by atoms with E-state index in [1.807, 2.05) is 0 Å². The highest BCUT2D eigenvalue weighted by atomic mass is 32.1. The van der Waals surface area contributed by atoms with Gasteiger partial charge in [0.25, 0.3) is 0 Å². The molecule has 1 aromatic rings. The van der Waals surface area contributed by atoms with Gasteiger partial charge in [0, 0.05) is 5.92 Å². The summed E-state index contributed by atoms with van der Waals surface area (Å²) >= 11 is 4.43. The molecule has 0 amide bonds. The molecule has 1 unspecified atom stereocenters. The van der Waals surface area contributed by atoms with E-state index >= 15 is 0 Å². The molecule has 0 spiro atoms. The number of benzene rings is 1. The molecule has 1 atom stereocenters. The second kappa shape index (κ2) is 6.21. The molecule has 1 aromatic carbocycles. The van der Waals surface area contributed by atoms with E-state index < -0.39 is 0 Å². The predicted molar refractivity (Wildman–Crippen MR) is 87.4 cm³/mol. The summed E-state index contributed by atoms with van der Waals surface area (Å²) < 4.78 is 5.90. The third-order valence-electron chi connectivity index (χ3n) is 3.62. The number of hydrogen-bond acceptors (Lipinski definition) is 2. The molecule has 0 aliphatic heterocycles. The van der Waals surface area contributed by atoms with Gasteiger partial charge in [-0.15, -0.1) is 0 Å². The van der Waals surface area contributed by atoms with Crippen LogP contribution in [0.5, 0.6) is 5.75 Å². The lowest BCUT2D eigenvalue weighted by Crippen LogP contribution is -2.28. The van der Waals surface area contributed by atoms with Crippen LogP contribution in [-0.2, 0) is 5.41 Å². The second-order valence-corrected chi connectivity index (χ2v) is 7.70. The Kier molecular flexibility index (Phi) is 5.37. The van der Waals surface area contributed by atoms with Gasteiger partial charge in [0.1, 0.15) is 5.75 Å². The summed E-state index contributed by atoms with van der Waals surface area (Å²) in [6, 6.07) is 8.45. The van der Waals surface area contributed by atoms with Gasteiger partial charge in [-0.05, 0) is 34.3 Å². The van der Waals surface area contributed by atoms with Gasteiger partial charge in [0.2, 0.25) is 0 Å². The normalized spacial score (nSPS) is 14.3. The summed E-state index contributed by atoms with van der Waals surface area (Å²) in [6.45, 7) is 14.1. The van der Waals surface area contributed by atoms with Crippen LogP contribution in [0.2, 0.25) is 0 Å². The van der Waals surface area contributed by atoms with Crippen LogP contribution in [0.25, 0.3) is 0 Å². The first kappa shape index (κ1) is 16.4. The Morgan fingerprint density at radius 2 is 1.53 bits per heavy atom. The van der Waals surface area contributed by atoms with Crippen molar-refractivity contribution in [1.29, 1.82) is 0 Å². The Bertz CT molecular complexity index is 381. The van der Waals surface area contributed by atoms with E-state index in [0.29, 0.717) is 5.92 Å². The predicted octanol–water partition coefficient (Wildman–Crippen LogP) is 4.96. The van der Waals surface area contributed by atoms with E-state index in [0.717, 1.165) is 18.1 Å². The van der Waals surface area contributed by atoms with Gasteiger partial charge in [-0.1, -0.05) is 53.7 Å². The molecule has 108 valence electrons. The zero-order valence-electron chi connectivity index (χ0n) is 13.2. The SMILES string of the molecule is CC(C)(C)c1ccc(OCC(CS)C(C)(C)C)cc1. The zero-order chi connectivity index (χ0) is 14.7. The van der Waals surface area contributed by atoms with Crippen LogP contribution >= 0.6 is 12.6 Å². The van der Waals surface area contributed by atoms with E-state index in [4.69, 9.17) is 4.74 Å². The quantitative estimate of drug-likeness (QED) is 0.767. The van der Waals surface area contributed by atoms with E-state index in [2.05, 4.69) is 78.4 Å². The smallest absolute Gasteiger partial charge is 0.119 e. The summed E-state index contributed by atoms with van der Waals surface area (Å²) in [6.07, 6.45) is 0. The van der Waals surface area contributed by atoms with Gasteiger partial charge in [0.05, 0.1) is 6.61 Å². The summed E-state index contributed by atoms with van der Waals surface area (Å²) in [5.74, 6) is 2.26. The Morgan fingerprint density at radius 3 is 1.89 bits per heavy atom. The summed E-state index contributed by atoms with van der Waals surface area (Å²) in [5, 5.41) is 0. The van der Waals surface area contributed by atoms with Crippen molar-refractivity contribution in [2.24, 2.45) is 11.3 Å². The van der Waals surface area contributed by atoms with Crippen molar-refractivity contribution in [3.05, 3.63) is 29.8 Å². The van der Waals surface area contributed by atoms with Crippen LogP contribution in [0, 0.1) is 11.3 Å².